The Morgan fingerprint density at radius 2 is 2.14 bits per heavy atom. The highest BCUT2D eigenvalue weighted by Crippen LogP contribution is 2.55. The molecule has 0 heterocycles. The largest absolute Gasteiger partial charge is 0.481 e. The van der Waals surface area contributed by atoms with Gasteiger partial charge in [-0.1, -0.05) is 28.1 Å². The van der Waals surface area contributed by atoms with Crippen molar-refractivity contribution in [2.24, 2.45) is 5.92 Å². The Balaban J connectivity index is 2.19. The van der Waals surface area contributed by atoms with Crippen LogP contribution in [0.4, 0.5) is 0 Å². The smallest absolute Gasteiger partial charge is 0.314 e. The van der Waals surface area contributed by atoms with Gasteiger partial charge in [-0.05, 0) is 31.0 Å². The molecule has 1 fully saturated rings. The fourth-order valence-electron chi connectivity index (χ4n) is 2.57. The molecule has 0 aliphatic heterocycles. The van der Waals surface area contributed by atoms with Gasteiger partial charge in [0, 0.05) is 10.4 Å². The molecule has 1 aromatic rings. The maximum absolute atomic E-state index is 12.1. The van der Waals surface area contributed by atoms with Gasteiger partial charge in [-0.2, -0.15) is 0 Å². The van der Waals surface area contributed by atoms with E-state index in [0.717, 1.165) is 4.47 Å². The molecule has 1 aliphatic rings. The molecule has 0 unspecified atom stereocenters. The van der Waals surface area contributed by atoms with E-state index in [1.54, 1.807) is 31.2 Å². The molecule has 0 saturated heterocycles. The molecule has 0 amide bonds. The number of carbonyl (C=O) groups excluding carboxylic acids is 2. The van der Waals surface area contributed by atoms with Crippen molar-refractivity contribution in [3.63, 3.8) is 0 Å². The molecular weight excluding hydrogens is 340 g/mol. The average Bonchev–Trinajstić information content (AvgIpc) is 3.15. The molecule has 0 radical (unpaired) electrons. The lowest BCUT2D eigenvalue weighted by Crippen LogP contribution is -2.26. The van der Waals surface area contributed by atoms with E-state index in [0.29, 0.717) is 5.56 Å². The SMILES string of the molecule is CCOC(=O)CC(=O)[C@H]1C[C@]1(C(=O)O)c1cccc(Br)c1. The number of Topliss-reactive ketones (excluding diaryl/α,β-unsaturated/α-hetero) is 1. The quantitative estimate of drug-likeness (QED) is 0.626. The summed E-state index contributed by atoms with van der Waals surface area (Å²) in [5.41, 5.74) is -0.639. The van der Waals surface area contributed by atoms with Crippen molar-refractivity contribution in [2.75, 3.05) is 6.61 Å². The fraction of sp³-hybridized carbons (Fsp3) is 0.400. The summed E-state index contributed by atoms with van der Waals surface area (Å²) in [6.07, 6.45) is -0.154. The van der Waals surface area contributed by atoms with Crippen LogP contribution in [0.15, 0.2) is 28.7 Å². The number of esters is 1. The van der Waals surface area contributed by atoms with Gasteiger partial charge in [0.15, 0.2) is 0 Å². The first-order chi connectivity index (χ1) is 9.91. The van der Waals surface area contributed by atoms with E-state index in [1.165, 1.54) is 0 Å². The molecule has 6 heteroatoms. The first kappa shape index (κ1) is 15.7. The lowest BCUT2D eigenvalue weighted by molar-refractivity contribution is -0.147. The first-order valence-electron chi connectivity index (χ1n) is 6.59. The maximum atomic E-state index is 12.1. The maximum Gasteiger partial charge on any atom is 0.314 e. The molecule has 0 spiro atoms. The van der Waals surface area contributed by atoms with Gasteiger partial charge >= 0.3 is 11.9 Å². The number of carboxylic acids is 1. The van der Waals surface area contributed by atoms with E-state index in [9.17, 15) is 19.5 Å². The van der Waals surface area contributed by atoms with E-state index >= 15 is 0 Å². The molecule has 0 aromatic heterocycles. The summed E-state index contributed by atoms with van der Waals surface area (Å²) in [6, 6.07) is 6.91. The van der Waals surface area contributed by atoms with Gasteiger partial charge in [-0.3, -0.25) is 14.4 Å². The van der Waals surface area contributed by atoms with E-state index in [2.05, 4.69) is 15.9 Å². The second kappa shape index (κ2) is 5.97. The van der Waals surface area contributed by atoms with Gasteiger partial charge < -0.3 is 9.84 Å². The summed E-state index contributed by atoms with van der Waals surface area (Å²) in [5, 5.41) is 9.52. The Labute approximate surface area is 130 Å². The summed E-state index contributed by atoms with van der Waals surface area (Å²) < 4.78 is 5.48. The fourth-order valence-corrected chi connectivity index (χ4v) is 2.97. The van der Waals surface area contributed by atoms with Crippen LogP contribution in [0.5, 0.6) is 0 Å². The average molecular weight is 355 g/mol. The summed E-state index contributed by atoms with van der Waals surface area (Å²) >= 11 is 3.30. The number of carbonyl (C=O) groups is 3. The van der Waals surface area contributed by atoms with Crippen molar-refractivity contribution in [3.05, 3.63) is 34.3 Å². The summed E-state index contributed by atoms with van der Waals surface area (Å²) in [7, 11) is 0. The molecule has 112 valence electrons. The van der Waals surface area contributed by atoms with Gasteiger partial charge in [0.05, 0.1) is 6.61 Å². The van der Waals surface area contributed by atoms with Crippen molar-refractivity contribution in [3.8, 4) is 0 Å². The van der Waals surface area contributed by atoms with Crippen molar-refractivity contribution >= 4 is 33.7 Å². The second-order valence-corrected chi connectivity index (χ2v) is 5.91. The van der Waals surface area contributed by atoms with Crippen molar-refractivity contribution < 1.29 is 24.2 Å². The highest BCUT2D eigenvalue weighted by atomic mass is 79.9. The minimum absolute atomic E-state index is 0.201. The zero-order valence-electron chi connectivity index (χ0n) is 11.5. The van der Waals surface area contributed by atoms with Crippen LogP contribution in [0.2, 0.25) is 0 Å². The van der Waals surface area contributed by atoms with Crippen LogP contribution in [-0.4, -0.2) is 29.4 Å². The number of carboxylic acid groups (broad SMARTS) is 1. The van der Waals surface area contributed by atoms with Gasteiger partial charge in [0.2, 0.25) is 0 Å². The molecule has 1 aromatic carbocycles. The minimum atomic E-state index is -1.21. The van der Waals surface area contributed by atoms with Gasteiger partial charge in [0.1, 0.15) is 17.6 Å². The Morgan fingerprint density at radius 3 is 2.71 bits per heavy atom. The van der Waals surface area contributed by atoms with Crippen LogP contribution < -0.4 is 0 Å². The third-order valence-electron chi connectivity index (χ3n) is 3.69. The number of ether oxygens (including phenoxy) is 1. The van der Waals surface area contributed by atoms with Crippen LogP contribution in [0.3, 0.4) is 0 Å². The monoisotopic (exact) mass is 354 g/mol. The minimum Gasteiger partial charge on any atom is -0.481 e. The molecule has 5 nitrogen and oxygen atoms in total. The second-order valence-electron chi connectivity index (χ2n) is 4.99. The van der Waals surface area contributed by atoms with E-state index in [1.807, 2.05) is 0 Å². The van der Waals surface area contributed by atoms with Crippen molar-refractivity contribution in [1.82, 2.24) is 0 Å². The molecule has 2 rings (SSSR count). The summed E-state index contributed by atoms with van der Waals surface area (Å²) in [4.78, 5) is 35.1. The number of hydrogen-bond donors (Lipinski definition) is 1. The van der Waals surface area contributed by atoms with Crippen LogP contribution in [0, 0.1) is 5.92 Å². The third kappa shape index (κ3) is 3.00. The zero-order chi connectivity index (χ0) is 15.6. The Kier molecular flexibility index (Phi) is 4.46. The van der Waals surface area contributed by atoms with Crippen LogP contribution in [-0.2, 0) is 24.5 Å². The standard InChI is InChI=1S/C15H15BrO5/c1-2-21-13(18)7-12(17)11-8-15(11,14(19)20)9-4-3-5-10(16)6-9/h3-6,11H,2,7-8H2,1H3,(H,19,20)/t11-,15+/m1/s1. The first-order valence-corrected chi connectivity index (χ1v) is 7.39. The molecule has 2 atom stereocenters. The third-order valence-corrected chi connectivity index (χ3v) is 4.19. The van der Waals surface area contributed by atoms with E-state index in [-0.39, 0.29) is 25.2 Å². The number of ketones is 1. The highest BCUT2D eigenvalue weighted by molar-refractivity contribution is 9.10. The van der Waals surface area contributed by atoms with Crippen molar-refractivity contribution in [1.29, 1.82) is 0 Å². The summed E-state index contributed by atoms with van der Waals surface area (Å²) in [5.74, 6) is -2.70. The molecular formula is C15H15BrO5. The topological polar surface area (TPSA) is 80.7 Å². The molecule has 1 N–H and O–H groups in total. The van der Waals surface area contributed by atoms with Crippen LogP contribution in [0.25, 0.3) is 0 Å². The van der Waals surface area contributed by atoms with Crippen LogP contribution >= 0.6 is 15.9 Å². The van der Waals surface area contributed by atoms with Gasteiger partial charge in [0.25, 0.3) is 0 Å². The van der Waals surface area contributed by atoms with Crippen molar-refractivity contribution in [2.45, 2.75) is 25.2 Å². The molecule has 1 saturated carbocycles. The number of benzene rings is 1. The number of rotatable bonds is 6. The molecule has 1 aliphatic carbocycles. The van der Waals surface area contributed by atoms with E-state index in [4.69, 9.17) is 4.74 Å². The van der Waals surface area contributed by atoms with Gasteiger partial charge in [-0.15, -0.1) is 0 Å². The van der Waals surface area contributed by atoms with E-state index < -0.39 is 23.3 Å². The zero-order valence-corrected chi connectivity index (χ0v) is 13.1. The Hall–Kier alpha value is -1.69. The molecule has 0 bridgehead atoms. The predicted molar refractivity (Wildman–Crippen MR) is 77.8 cm³/mol. The number of halogens is 1. The number of aliphatic carboxylic acids is 1. The normalized spacial score (nSPS) is 23.4. The number of hydrogen-bond acceptors (Lipinski definition) is 4. The lowest BCUT2D eigenvalue weighted by atomic mass is 9.91. The Bertz CT molecular complexity index is 597. The lowest BCUT2D eigenvalue weighted by Gasteiger charge is -2.13. The molecule has 21 heavy (non-hydrogen) atoms. The predicted octanol–water partition coefficient (Wildman–Crippen LogP) is 2.31. The Morgan fingerprint density at radius 1 is 1.43 bits per heavy atom. The van der Waals surface area contributed by atoms with Crippen LogP contribution in [0.1, 0.15) is 25.3 Å². The highest BCUT2D eigenvalue weighted by Gasteiger charge is 2.64. The summed E-state index contributed by atoms with van der Waals surface area (Å²) in [6.45, 7) is 1.86. The van der Waals surface area contributed by atoms with Gasteiger partial charge in [-0.25, -0.2) is 0 Å².